The molecule has 114 valence electrons. The average Bonchev–Trinajstić information content (AvgIpc) is 2.31. The molecule has 0 aliphatic rings. The standard InChI is InChI=1S/C14H24N2O3S/c1-11(2)16(8-4-5-9-20(17,18)19)14-10-12(3)6-7-13(14)15/h6-7,10-11H,4-5,8-9,15H2,1-3H3,(H,17,18,19). The van der Waals surface area contributed by atoms with E-state index >= 15 is 0 Å². The van der Waals surface area contributed by atoms with Crippen LogP contribution < -0.4 is 10.6 Å². The molecule has 1 rings (SSSR count). The molecule has 0 heterocycles. The molecule has 5 nitrogen and oxygen atoms in total. The zero-order valence-electron chi connectivity index (χ0n) is 12.3. The van der Waals surface area contributed by atoms with Gasteiger partial charge in [-0.05, 0) is 51.3 Å². The van der Waals surface area contributed by atoms with E-state index in [1.54, 1.807) is 0 Å². The van der Waals surface area contributed by atoms with Crippen molar-refractivity contribution >= 4 is 21.5 Å². The van der Waals surface area contributed by atoms with Crippen LogP contribution in [0.3, 0.4) is 0 Å². The van der Waals surface area contributed by atoms with Gasteiger partial charge in [0.2, 0.25) is 0 Å². The van der Waals surface area contributed by atoms with Crippen LogP contribution in [-0.4, -0.2) is 31.3 Å². The fourth-order valence-electron chi connectivity index (χ4n) is 2.13. The van der Waals surface area contributed by atoms with Crippen LogP contribution in [0.15, 0.2) is 18.2 Å². The molecule has 1 aromatic carbocycles. The number of nitrogens with zero attached hydrogens (tertiary/aromatic N) is 1. The highest BCUT2D eigenvalue weighted by Crippen LogP contribution is 2.26. The molecule has 0 aromatic heterocycles. The summed E-state index contributed by atoms with van der Waals surface area (Å²) in [6, 6.07) is 6.16. The minimum atomic E-state index is -3.87. The largest absolute Gasteiger partial charge is 0.397 e. The quantitative estimate of drug-likeness (QED) is 0.459. The first-order valence-electron chi connectivity index (χ1n) is 6.78. The molecular weight excluding hydrogens is 276 g/mol. The summed E-state index contributed by atoms with van der Waals surface area (Å²) in [6.07, 6.45) is 1.12. The fraction of sp³-hybridized carbons (Fsp3) is 0.571. The van der Waals surface area contributed by atoms with E-state index in [4.69, 9.17) is 10.3 Å². The highest BCUT2D eigenvalue weighted by Gasteiger charge is 2.14. The van der Waals surface area contributed by atoms with Crippen LogP contribution in [0.25, 0.3) is 0 Å². The van der Waals surface area contributed by atoms with Crippen molar-refractivity contribution in [3.63, 3.8) is 0 Å². The molecule has 0 bridgehead atoms. The summed E-state index contributed by atoms with van der Waals surface area (Å²) in [5.74, 6) is -0.192. The van der Waals surface area contributed by atoms with E-state index in [9.17, 15) is 8.42 Å². The van der Waals surface area contributed by atoms with Crippen molar-refractivity contribution < 1.29 is 13.0 Å². The third kappa shape index (κ3) is 5.38. The number of aryl methyl sites for hydroxylation is 1. The van der Waals surface area contributed by atoms with Crippen LogP contribution in [0.4, 0.5) is 11.4 Å². The average molecular weight is 300 g/mol. The number of anilines is 2. The van der Waals surface area contributed by atoms with E-state index in [0.29, 0.717) is 19.4 Å². The molecule has 0 radical (unpaired) electrons. The second-order valence-electron chi connectivity index (χ2n) is 5.34. The molecule has 6 heteroatoms. The Morgan fingerprint density at radius 1 is 1.30 bits per heavy atom. The first kappa shape index (κ1) is 16.8. The van der Waals surface area contributed by atoms with Gasteiger partial charge >= 0.3 is 0 Å². The zero-order chi connectivity index (χ0) is 15.3. The number of hydrogen-bond donors (Lipinski definition) is 2. The smallest absolute Gasteiger partial charge is 0.264 e. The molecule has 0 aliphatic heterocycles. The molecule has 3 N–H and O–H groups in total. The zero-order valence-corrected chi connectivity index (χ0v) is 13.2. The first-order chi connectivity index (χ1) is 9.20. The number of nitrogen functional groups attached to an aromatic ring is 1. The maximum absolute atomic E-state index is 10.7. The summed E-state index contributed by atoms with van der Waals surface area (Å²) < 4.78 is 30.1. The van der Waals surface area contributed by atoms with E-state index in [1.165, 1.54) is 0 Å². The van der Waals surface area contributed by atoms with Crippen LogP contribution in [0.2, 0.25) is 0 Å². The predicted molar refractivity (Wildman–Crippen MR) is 83.7 cm³/mol. The molecule has 0 saturated carbocycles. The SMILES string of the molecule is Cc1ccc(N)c(N(CCCCS(=O)(=O)O)C(C)C)c1. The van der Waals surface area contributed by atoms with Crippen molar-refractivity contribution in [1.82, 2.24) is 0 Å². The van der Waals surface area contributed by atoms with Crippen LogP contribution in [0.1, 0.15) is 32.3 Å². The van der Waals surface area contributed by atoms with Crippen molar-refractivity contribution in [1.29, 1.82) is 0 Å². The number of hydrogen-bond acceptors (Lipinski definition) is 4. The molecule has 0 fully saturated rings. The van der Waals surface area contributed by atoms with Crippen molar-refractivity contribution in [2.75, 3.05) is 22.9 Å². The molecule has 0 saturated heterocycles. The monoisotopic (exact) mass is 300 g/mol. The predicted octanol–water partition coefficient (Wildman–Crippen LogP) is 2.46. The van der Waals surface area contributed by atoms with E-state index in [-0.39, 0.29) is 11.8 Å². The van der Waals surface area contributed by atoms with E-state index < -0.39 is 10.1 Å². The Morgan fingerprint density at radius 2 is 1.95 bits per heavy atom. The van der Waals surface area contributed by atoms with Gasteiger partial charge in [0.15, 0.2) is 0 Å². The normalized spacial score (nSPS) is 11.8. The van der Waals surface area contributed by atoms with Gasteiger partial charge in [-0.3, -0.25) is 4.55 Å². The van der Waals surface area contributed by atoms with Gasteiger partial charge in [-0.1, -0.05) is 6.07 Å². The molecule has 1 aromatic rings. The highest BCUT2D eigenvalue weighted by molar-refractivity contribution is 7.85. The second kappa shape index (κ2) is 6.95. The van der Waals surface area contributed by atoms with Gasteiger partial charge in [-0.15, -0.1) is 0 Å². The molecule has 0 unspecified atom stereocenters. The maximum Gasteiger partial charge on any atom is 0.264 e. The van der Waals surface area contributed by atoms with E-state index in [0.717, 1.165) is 16.9 Å². The Kier molecular flexibility index (Phi) is 5.83. The van der Waals surface area contributed by atoms with Crippen molar-refractivity contribution in [2.24, 2.45) is 0 Å². The minimum Gasteiger partial charge on any atom is -0.397 e. The third-order valence-electron chi connectivity index (χ3n) is 3.17. The Labute approximate surface area is 121 Å². The van der Waals surface area contributed by atoms with Gasteiger partial charge in [-0.25, -0.2) is 0 Å². The lowest BCUT2D eigenvalue weighted by Crippen LogP contribution is -2.32. The Morgan fingerprint density at radius 3 is 2.50 bits per heavy atom. The topological polar surface area (TPSA) is 83.6 Å². The molecule has 0 aliphatic carbocycles. The molecule has 0 spiro atoms. The van der Waals surface area contributed by atoms with Crippen molar-refractivity contribution in [3.8, 4) is 0 Å². The van der Waals surface area contributed by atoms with Crippen molar-refractivity contribution in [2.45, 2.75) is 39.7 Å². The second-order valence-corrected chi connectivity index (χ2v) is 6.91. The van der Waals surface area contributed by atoms with Gasteiger partial charge in [0, 0.05) is 12.6 Å². The molecule has 0 amide bonds. The number of rotatable bonds is 7. The van der Waals surface area contributed by atoms with Crippen molar-refractivity contribution in [3.05, 3.63) is 23.8 Å². The lowest BCUT2D eigenvalue weighted by atomic mass is 10.1. The summed E-state index contributed by atoms with van der Waals surface area (Å²) in [4.78, 5) is 2.16. The maximum atomic E-state index is 10.7. The van der Waals surface area contributed by atoms with Gasteiger partial charge < -0.3 is 10.6 Å². The van der Waals surface area contributed by atoms with Crippen LogP contribution in [-0.2, 0) is 10.1 Å². The van der Waals surface area contributed by atoms with Crippen LogP contribution in [0.5, 0.6) is 0 Å². The Balaban J connectivity index is 2.72. The third-order valence-corrected chi connectivity index (χ3v) is 3.97. The van der Waals surface area contributed by atoms with Crippen LogP contribution in [0, 0.1) is 6.92 Å². The van der Waals surface area contributed by atoms with Gasteiger partial charge in [0.25, 0.3) is 10.1 Å². The molecular formula is C14H24N2O3S. The van der Waals surface area contributed by atoms with Gasteiger partial charge in [0.05, 0.1) is 17.1 Å². The van der Waals surface area contributed by atoms with Gasteiger partial charge in [-0.2, -0.15) is 8.42 Å². The summed E-state index contributed by atoms with van der Waals surface area (Å²) in [5, 5.41) is 0. The minimum absolute atomic E-state index is 0.192. The molecule has 0 atom stereocenters. The summed E-state index contributed by atoms with van der Waals surface area (Å²) in [6.45, 7) is 6.87. The number of benzene rings is 1. The Bertz CT molecular complexity index is 541. The number of unbranched alkanes of at least 4 members (excludes halogenated alkanes) is 1. The van der Waals surface area contributed by atoms with E-state index in [1.807, 2.05) is 25.1 Å². The molecule has 20 heavy (non-hydrogen) atoms. The summed E-state index contributed by atoms with van der Waals surface area (Å²) >= 11 is 0. The lowest BCUT2D eigenvalue weighted by Gasteiger charge is -2.30. The van der Waals surface area contributed by atoms with E-state index in [2.05, 4.69) is 18.7 Å². The number of nitrogens with two attached hydrogens (primary N) is 1. The lowest BCUT2D eigenvalue weighted by molar-refractivity contribution is 0.479. The van der Waals surface area contributed by atoms with Gasteiger partial charge in [0.1, 0.15) is 0 Å². The fourth-order valence-corrected chi connectivity index (χ4v) is 2.69. The summed E-state index contributed by atoms with van der Waals surface area (Å²) in [5.41, 5.74) is 8.86. The van der Waals surface area contributed by atoms with Crippen LogP contribution >= 0.6 is 0 Å². The first-order valence-corrected chi connectivity index (χ1v) is 8.39. The highest BCUT2D eigenvalue weighted by atomic mass is 32.2. The summed E-state index contributed by atoms with van der Waals surface area (Å²) in [7, 11) is -3.87. The Hall–Kier alpha value is -1.27.